The number of hydrogen-bond donors (Lipinski definition) is 1. The number of nitrogens with zero attached hydrogens (tertiary/aromatic N) is 2. The molecule has 35 heavy (non-hydrogen) atoms. The molecule has 1 atom stereocenters. The molecule has 5 rings (SSSR count). The number of fused-ring (bicyclic) bond motifs is 1. The summed E-state index contributed by atoms with van der Waals surface area (Å²) in [5, 5.41) is 0.514. The van der Waals surface area contributed by atoms with Crippen LogP contribution in [0.3, 0.4) is 0 Å². The molecule has 0 aliphatic carbocycles. The van der Waals surface area contributed by atoms with Crippen molar-refractivity contribution in [2.45, 2.75) is 30.0 Å². The number of pyridine rings is 1. The Kier molecular flexibility index (Phi) is 6.25. The number of thioether (sulfide) groups is 1. The third-order valence-electron chi connectivity index (χ3n) is 6.02. The lowest BCUT2D eigenvalue weighted by Gasteiger charge is -2.25. The van der Waals surface area contributed by atoms with E-state index in [0.717, 1.165) is 16.6 Å². The average Bonchev–Trinajstić information content (AvgIpc) is 3.25. The molecule has 0 radical (unpaired) electrons. The largest absolute Gasteiger partial charge is 0.295 e. The number of aromatic nitrogens is 1. The lowest BCUT2D eigenvalue weighted by atomic mass is 10.0. The molecular formula is C27H25N3O3S2. The monoisotopic (exact) mass is 503 g/mol. The molecule has 1 saturated heterocycles. The van der Waals surface area contributed by atoms with Crippen LogP contribution >= 0.6 is 11.8 Å². The lowest BCUT2D eigenvalue weighted by Crippen LogP contribution is -2.27. The van der Waals surface area contributed by atoms with Crippen LogP contribution in [0.2, 0.25) is 0 Å². The number of carbonyl (C=O) groups excluding carboxylic acids is 1. The van der Waals surface area contributed by atoms with Crippen LogP contribution in [0.1, 0.15) is 36.3 Å². The maximum atomic E-state index is 13.3. The number of rotatable bonds is 6. The minimum absolute atomic E-state index is 0.0325. The van der Waals surface area contributed by atoms with E-state index in [1.807, 2.05) is 30.3 Å². The molecule has 3 aromatic carbocycles. The third kappa shape index (κ3) is 4.63. The fraction of sp³-hybridized carbons (Fsp3) is 0.185. The summed E-state index contributed by atoms with van der Waals surface area (Å²) in [5.74, 6) is 0.809. The summed E-state index contributed by atoms with van der Waals surface area (Å²) in [6, 6.07) is 24.0. The number of sulfonamides is 1. The van der Waals surface area contributed by atoms with Crippen LogP contribution in [-0.2, 0) is 14.8 Å². The number of amides is 1. The van der Waals surface area contributed by atoms with Gasteiger partial charge in [0.2, 0.25) is 5.91 Å². The summed E-state index contributed by atoms with van der Waals surface area (Å²) in [6.45, 7) is 4.27. The van der Waals surface area contributed by atoms with Gasteiger partial charge in [0, 0.05) is 23.0 Å². The van der Waals surface area contributed by atoms with Gasteiger partial charge in [-0.25, -0.2) is 8.42 Å². The second-order valence-corrected chi connectivity index (χ2v) is 11.5. The van der Waals surface area contributed by atoms with Gasteiger partial charge in [0.05, 0.1) is 11.3 Å². The Hall–Kier alpha value is -3.36. The zero-order chi connectivity index (χ0) is 24.6. The number of para-hydroxylation sites is 1. The smallest absolute Gasteiger partial charge is 0.264 e. The van der Waals surface area contributed by atoms with Gasteiger partial charge in [-0.15, -0.1) is 11.8 Å². The molecule has 1 unspecified atom stereocenters. The molecule has 1 fully saturated rings. The first-order chi connectivity index (χ1) is 16.8. The Bertz CT molecular complexity index is 1500. The van der Waals surface area contributed by atoms with Gasteiger partial charge in [-0.2, -0.15) is 0 Å². The molecular weight excluding hydrogens is 478 g/mol. The van der Waals surface area contributed by atoms with Gasteiger partial charge < -0.3 is 0 Å². The fourth-order valence-electron chi connectivity index (χ4n) is 4.23. The van der Waals surface area contributed by atoms with Crippen LogP contribution < -0.4 is 9.62 Å². The van der Waals surface area contributed by atoms with Crippen molar-refractivity contribution < 1.29 is 13.2 Å². The molecule has 1 amide bonds. The van der Waals surface area contributed by atoms with Crippen LogP contribution in [0, 0.1) is 0 Å². The first kappa shape index (κ1) is 23.4. The Morgan fingerprint density at radius 2 is 1.74 bits per heavy atom. The van der Waals surface area contributed by atoms with Crippen molar-refractivity contribution in [2.24, 2.45) is 0 Å². The molecule has 178 valence electrons. The maximum absolute atomic E-state index is 13.3. The highest BCUT2D eigenvalue weighted by Crippen LogP contribution is 2.42. The number of nitrogens with one attached hydrogen (secondary N) is 1. The van der Waals surface area contributed by atoms with Gasteiger partial charge >= 0.3 is 0 Å². The topological polar surface area (TPSA) is 79.4 Å². The second-order valence-electron chi connectivity index (χ2n) is 8.74. The predicted octanol–water partition coefficient (Wildman–Crippen LogP) is 5.94. The molecule has 2 heterocycles. The standard InChI is InChI=1S/C27H25N3O3S2/c1-18(2)19-11-13-23(14-12-19)30-25(31)17-34-27(30)21-7-3-9-22(16-21)29-35(32,33)24-10-4-6-20-8-5-15-28-26(20)24/h3-16,18,27,29H,17H2,1-2H3. The van der Waals surface area contributed by atoms with Crippen LogP contribution in [0.5, 0.6) is 0 Å². The first-order valence-electron chi connectivity index (χ1n) is 11.3. The average molecular weight is 504 g/mol. The van der Waals surface area contributed by atoms with Crippen LogP contribution in [0.4, 0.5) is 11.4 Å². The predicted molar refractivity (Wildman–Crippen MR) is 142 cm³/mol. The highest BCUT2D eigenvalue weighted by atomic mass is 32.2. The molecule has 1 N–H and O–H groups in total. The minimum atomic E-state index is -3.87. The summed E-state index contributed by atoms with van der Waals surface area (Å²) >= 11 is 1.53. The summed E-state index contributed by atoms with van der Waals surface area (Å²) in [5.41, 5.74) is 3.76. The van der Waals surface area contributed by atoms with Crippen molar-refractivity contribution in [2.75, 3.05) is 15.4 Å². The number of benzene rings is 3. The van der Waals surface area contributed by atoms with E-state index >= 15 is 0 Å². The molecule has 8 heteroatoms. The number of anilines is 2. The van der Waals surface area contributed by atoms with Crippen molar-refractivity contribution in [3.05, 3.63) is 96.2 Å². The van der Waals surface area contributed by atoms with Crippen LogP contribution in [-0.4, -0.2) is 25.1 Å². The SMILES string of the molecule is CC(C)c1ccc(N2C(=O)CSC2c2cccc(NS(=O)(=O)c3cccc4cccnc34)c2)cc1. The molecule has 1 aromatic heterocycles. The minimum Gasteiger partial charge on any atom is -0.295 e. The lowest BCUT2D eigenvalue weighted by molar-refractivity contribution is -0.115. The van der Waals surface area contributed by atoms with Gasteiger partial charge in [0.25, 0.3) is 10.0 Å². The Morgan fingerprint density at radius 1 is 1.00 bits per heavy atom. The van der Waals surface area contributed by atoms with Crippen molar-refractivity contribution in [1.29, 1.82) is 0 Å². The van der Waals surface area contributed by atoms with Crippen molar-refractivity contribution in [3.63, 3.8) is 0 Å². The van der Waals surface area contributed by atoms with E-state index in [1.54, 1.807) is 47.5 Å². The van der Waals surface area contributed by atoms with E-state index in [9.17, 15) is 13.2 Å². The summed E-state index contributed by atoms with van der Waals surface area (Å²) in [4.78, 5) is 19.0. The molecule has 4 aromatic rings. The van der Waals surface area contributed by atoms with Gasteiger partial charge in [0.15, 0.2) is 0 Å². The van der Waals surface area contributed by atoms with Crippen molar-refractivity contribution >= 4 is 50.0 Å². The van der Waals surface area contributed by atoms with Gasteiger partial charge in [-0.1, -0.05) is 56.3 Å². The molecule has 0 saturated carbocycles. The highest BCUT2D eigenvalue weighted by molar-refractivity contribution is 8.00. The van der Waals surface area contributed by atoms with E-state index in [-0.39, 0.29) is 16.2 Å². The molecule has 1 aliphatic rings. The number of carbonyl (C=O) groups is 1. The Balaban J connectivity index is 1.45. The van der Waals surface area contributed by atoms with E-state index in [0.29, 0.717) is 22.9 Å². The fourth-order valence-corrected chi connectivity index (χ4v) is 6.63. The van der Waals surface area contributed by atoms with Gasteiger partial charge in [0.1, 0.15) is 10.3 Å². The Morgan fingerprint density at radius 3 is 2.51 bits per heavy atom. The molecule has 0 bridgehead atoms. The summed E-state index contributed by atoms with van der Waals surface area (Å²) in [6.07, 6.45) is 1.58. The molecule has 6 nitrogen and oxygen atoms in total. The van der Waals surface area contributed by atoms with Crippen LogP contribution in [0.25, 0.3) is 10.9 Å². The number of hydrogen-bond acceptors (Lipinski definition) is 5. The zero-order valence-corrected chi connectivity index (χ0v) is 21.0. The first-order valence-corrected chi connectivity index (χ1v) is 13.9. The Labute approximate surface area is 209 Å². The zero-order valence-electron chi connectivity index (χ0n) is 19.4. The van der Waals surface area contributed by atoms with Crippen molar-refractivity contribution in [3.8, 4) is 0 Å². The molecule has 1 aliphatic heterocycles. The van der Waals surface area contributed by atoms with Crippen LogP contribution in [0.15, 0.2) is 90.0 Å². The van der Waals surface area contributed by atoms with E-state index in [4.69, 9.17) is 0 Å². The van der Waals surface area contributed by atoms with Gasteiger partial charge in [-0.3, -0.25) is 19.4 Å². The van der Waals surface area contributed by atoms with E-state index in [2.05, 4.69) is 35.7 Å². The molecule has 0 spiro atoms. The normalized spacial score (nSPS) is 16.3. The summed E-state index contributed by atoms with van der Waals surface area (Å²) in [7, 11) is -3.87. The highest BCUT2D eigenvalue weighted by Gasteiger charge is 2.34. The quantitative estimate of drug-likeness (QED) is 0.352. The second kappa shape index (κ2) is 9.36. The van der Waals surface area contributed by atoms with Crippen molar-refractivity contribution in [1.82, 2.24) is 4.98 Å². The van der Waals surface area contributed by atoms with E-state index in [1.165, 1.54) is 17.3 Å². The van der Waals surface area contributed by atoms with E-state index < -0.39 is 10.0 Å². The maximum Gasteiger partial charge on any atom is 0.264 e. The summed E-state index contributed by atoms with van der Waals surface area (Å²) < 4.78 is 29.2. The third-order valence-corrected chi connectivity index (χ3v) is 8.64. The van der Waals surface area contributed by atoms with Gasteiger partial charge in [-0.05, 0) is 53.4 Å².